The monoisotopic (exact) mass is 453 g/mol. The van der Waals surface area contributed by atoms with Gasteiger partial charge in [0.1, 0.15) is 24.4 Å². The van der Waals surface area contributed by atoms with Gasteiger partial charge in [0.25, 0.3) is 0 Å². The second-order valence-electron chi connectivity index (χ2n) is 8.74. The van der Waals surface area contributed by atoms with Crippen molar-refractivity contribution in [3.8, 4) is 5.75 Å². The predicted molar refractivity (Wildman–Crippen MR) is 120 cm³/mol. The third kappa shape index (κ3) is 8.23. The maximum Gasteiger partial charge on any atom is 0.413 e. The van der Waals surface area contributed by atoms with Crippen LogP contribution in [0.15, 0.2) is 16.8 Å². The van der Waals surface area contributed by atoms with Gasteiger partial charge in [-0.15, -0.1) is 11.3 Å². The number of nitrogens with one attached hydrogen (secondary N) is 2. The molecule has 0 aromatic carbocycles. The van der Waals surface area contributed by atoms with Crippen molar-refractivity contribution in [1.29, 1.82) is 0 Å². The summed E-state index contributed by atoms with van der Waals surface area (Å²) in [6.45, 7) is 7.11. The molecule has 174 valence electrons. The summed E-state index contributed by atoms with van der Waals surface area (Å²) >= 11 is 1.41. The van der Waals surface area contributed by atoms with Crippen molar-refractivity contribution in [1.82, 2.24) is 15.5 Å². The standard InChI is InChI=1S/C22H35N3O5S/c1-14(2)15(3)6-7-17(23-22(28)30-16-9-11-31-13-16)21(27)24-20-18(26)12-29-19(20)8-10-25(4)5/h9,11,13-15,17,19-20H,6-8,10,12H2,1-5H3,(H,23,28)(H,24,27)/t15?,17-,19?,20?/m0/s1. The summed E-state index contributed by atoms with van der Waals surface area (Å²) in [7, 11) is 3.89. The number of ketones is 1. The number of thiophene rings is 1. The van der Waals surface area contributed by atoms with E-state index >= 15 is 0 Å². The number of amides is 2. The number of rotatable bonds is 11. The van der Waals surface area contributed by atoms with E-state index in [1.807, 2.05) is 19.0 Å². The SMILES string of the molecule is CC(C)C(C)CC[C@H](NC(=O)Oc1ccsc1)C(=O)NC1C(=O)COC1CCN(C)C. The second-order valence-corrected chi connectivity index (χ2v) is 9.52. The molecule has 8 nitrogen and oxygen atoms in total. The third-order valence-corrected chi connectivity index (χ3v) is 6.34. The molecule has 1 aromatic heterocycles. The molecule has 2 heterocycles. The molecule has 0 radical (unpaired) electrons. The van der Waals surface area contributed by atoms with Crippen molar-refractivity contribution in [2.45, 2.75) is 58.2 Å². The number of hydrogen-bond donors (Lipinski definition) is 2. The van der Waals surface area contributed by atoms with E-state index in [1.54, 1.807) is 16.8 Å². The zero-order chi connectivity index (χ0) is 23.0. The molecule has 1 aliphatic heterocycles. The van der Waals surface area contributed by atoms with E-state index in [2.05, 4.69) is 31.4 Å². The fourth-order valence-corrected chi connectivity index (χ4v) is 3.82. The van der Waals surface area contributed by atoms with Crippen molar-refractivity contribution in [2.75, 3.05) is 27.2 Å². The summed E-state index contributed by atoms with van der Waals surface area (Å²) in [5.41, 5.74) is 0. The molecule has 1 aliphatic rings. The van der Waals surface area contributed by atoms with Crippen molar-refractivity contribution in [3.05, 3.63) is 16.8 Å². The largest absolute Gasteiger partial charge is 0.413 e. The van der Waals surface area contributed by atoms with Crippen LogP contribution in [-0.4, -0.2) is 68.1 Å². The van der Waals surface area contributed by atoms with E-state index in [0.29, 0.717) is 30.4 Å². The van der Waals surface area contributed by atoms with Gasteiger partial charge in [-0.3, -0.25) is 9.59 Å². The number of ether oxygens (including phenoxy) is 2. The van der Waals surface area contributed by atoms with Crippen LogP contribution in [0.5, 0.6) is 5.75 Å². The van der Waals surface area contributed by atoms with Crippen LogP contribution in [0, 0.1) is 11.8 Å². The molecule has 1 saturated heterocycles. The highest BCUT2D eigenvalue weighted by atomic mass is 32.1. The minimum Gasteiger partial charge on any atom is -0.409 e. The van der Waals surface area contributed by atoms with Crippen molar-refractivity contribution >= 4 is 29.1 Å². The predicted octanol–water partition coefficient (Wildman–Crippen LogP) is 2.68. The molecule has 1 aromatic rings. The van der Waals surface area contributed by atoms with Crippen molar-refractivity contribution < 1.29 is 23.9 Å². The Morgan fingerprint density at radius 3 is 2.65 bits per heavy atom. The maximum absolute atomic E-state index is 13.1. The summed E-state index contributed by atoms with van der Waals surface area (Å²) in [6, 6.07) is 0.187. The highest BCUT2D eigenvalue weighted by molar-refractivity contribution is 7.08. The Morgan fingerprint density at radius 2 is 2.03 bits per heavy atom. The molecule has 1 fully saturated rings. The summed E-state index contributed by atoms with van der Waals surface area (Å²) < 4.78 is 10.8. The highest BCUT2D eigenvalue weighted by Crippen LogP contribution is 2.19. The Bertz CT molecular complexity index is 723. The normalized spacial score (nSPS) is 20.7. The molecule has 0 aliphatic carbocycles. The zero-order valence-electron chi connectivity index (χ0n) is 19.1. The molecule has 0 spiro atoms. The summed E-state index contributed by atoms with van der Waals surface area (Å²) in [4.78, 5) is 39.7. The summed E-state index contributed by atoms with van der Waals surface area (Å²) in [5.74, 6) is 0.737. The van der Waals surface area contributed by atoms with Crippen LogP contribution in [0.1, 0.15) is 40.0 Å². The lowest BCUT2D eigenvalue weighted by Gasteiger charge is -2.25. The van der Waals surface area contributed by atoms with Crippen LogP contribution < -0.4 is 15.4 Å². The van der Waals surface area contributed by atoms with Crippen LogP contribution in [0.4, 0.5) is 4.79 Å². The molecule has 2 amide bonds. The molecule has 4 atom stereocenters. The van der Waals surface area contributed by atoms with Crippen LogP contribution >= 0.6 is 11.3 Å². The van der Waals surface area contributed by atoms with E-state index in [9.17, 15) is 14.4 Å². The molecule has 2 N–H and O–H groups in total. The fourth-order valence-electron chi connectivity index (χ4n) is 3.27. The Balaban J connectivity index is 2.02. The number of Topliss-reactive ketones (excluding diaryl/α,β-unsaturated/α-hetero) is 1. The Morgan fingerprint density at radius 1 is 1.29 bits per heavy atom. The van der Waals surface area contributed by atoms with Crippen LogP contribution in [0.25, 0.3) is 0 Å². The number of nitrogens with zero attached hydrogens (tertiary/aromatic N) is 1. The van der Waals surface area contributed by atoms with Gasteiger partial charge in [0, 0.05) is 11.9 Å². The minimum absolute atomic E-state index is 0.00822. The molecule has 0 saturated carbocycles. The first kappa shape index (κ1) is 25.3. The molecule has 2 rings (SSSR count). The first-order valence-electron chi connectivity index (χ1n) is 10.8. The van der Waals surface area contributed by atoms with Gasteiger partial charge in [0.15, 0.2) is 5.78 Å². The van der Waals surface area contributed by atoms with E-state index in [0.717, 1.165) is 13.0 Å². The average Bonchev–Trinajstić information content (AvgIpc) is 3.33. The summed E-state index contributed by atoms with van der Waals surface area (Å²) in [5, 5.41) is 9.00. The molecule has 31 heavy (non-hydrogen) atoms. The smallest absolute Gasteiger partial charge is 0.409 e. The van der Waals surface area contributed by atoms with Crippen molar-refractivity contribution in [3.63, 3.8) is 0 Å². The lowest BCUT2D eigenvalue weighted by Crippen LogP contribution is -2.54. The lowest BCUT2D eigenvalue weighted by atomic mass is 9.91. The van der Waals surface area contributed by atoms with Crippen LogP contribution in [0.3, 0.4) is 0 Å². The average molecular weight is 454 g/mol. The zero-order valence-corrected chi connectivity index (χ0v) is 19.9. The van der Waals surface area contributed by atoms with Gasteiger partial charge in [-0.25, -0.2) is 4.79 Å². The first-order valence-corrected chi connectivity index (χ1v) is 11.7. The molecule has 3 unspecified atom stereocenters. The highest BCUT2D eigenvalue weighted by Gasteiger charge is 2.38. The Kier molecular flexibility index (Phi) is 9.93. The van der Waals surface area contributed by atoms with Crippen LogP contribution in [-0.2, 0) is 14.3 Å². The quantitative estimate of drug-likeness (QED) is 0.535. The van der Waals surface area contributed by atoms with Gasteiger partial charge in [-0.05, 0) is 56.6 Å². The van der Waals surface area contributed by atoms with E-state index in [1.165, 1.54) is 11.3 Å². The second kappa shape index (κ2) is 12.2. The first-order chi connectivity index (χ1) is 14.7. The Labute approximate surface area is 188 Å². The van der Waals surface area contributed by atoms with E-state index < -0.39 is 24.1 Å². The van der Waals surface area contributed by atoms with Crippen LogP contribution in [0.2, 0.25) is 0 Å². The number of carbonyl (C=O) groups excluding carboxylic acids is 3. The lowest BCUT2D eigenvalue weighted by molar-refractivity contribution is -0.127. The third-order valence-electron chi connectivity index (χ3n) is 5.68. The molecular formula is C22H35N3O5S. The van der Waals surface area contributed by atoms with Gasteiger partial charge < -0.3 is 25.0 Å². The minimum atomic E-state index is -0.796. The van der Waals surface area contributed by atoms with Gasteiger partial charge in [-0.1, -0.05) is 20.8 Å². The molecular weight excluding hydrogens is 418 g/mol. The van der Waals surface area contributed by atoms with Gasteiger partial charge >= 0.3 is 6.09 Å². The molecule has 9 heteroatoms. The number of carbonyl (C=O) groups is 3. The van der Waals surface area contributed by atoms with E-state index in [-0.39, 0.29) is 18.5 Å². The van der Waals surface area contributed by atoms with E-state index in [4.69, 9.17) is 9.47 Å². The van der Waals surface area contributed by atoms with Gasteiger partial charge in [0.2, 0.25) is 5.91 Å². The number of hydrogen-bond acceptors (Lipinski definition) is 7. The Hall–Kier alpha value is -1.97. The van der Waals surface area contributed by atoms with Gasteiger partial charge in [-0.2, -0.15) is 0 Å². The molecule has 0 bridgehead atoms. The van der Waals surface area contributed by atoms with Gasteiger partial charge in [0.05, 0.1) is 6.10 Å². The van der Waals surface area contributed by atoms with Crippen molar-refractivity contribution in [2.24, 2.45) is 11.8 Å². The summed E-state index contributed by atoms with van der Waals surface area (Å²) in [6.07, 6.45) is 0.786. The topological polar surface area (TPSA) is 97.0 Å². The maximum atomic E-state index is 13.1. The fraction of sp³-hybridized carbons (Fsp3) is 0.682.